The van der Waals surface area contributed by atoms with E-state index < -0.39 is 17.5 Å². The number of ketones is 3. The molecule has 4 rings (SSSR count). The molecule has 0 saturated carbocycles. The zero-order valence-corrected chi connectivity index (χ0v) is 15.7. The molecule has 3 aliphatic rings. The number of nitrogens with two attached hydrogens (primary N) is 1. The van der Waals surface area contributed by atoms with Gasteiger partial charge in [-0.1, -0.05) is 44.2 Å². The molecule has 1 aliphatic heterocycles. The molecule has 0 spiro atoms. The van der Waals surface area contributed by atoms with Gasteiger partial charge in [-0.3, -0.25) is 14.4 Å². The molecule has 1 heterocycles. The predicted octanol–water partition coefficient (Wildman–Crippen LogP) is 2.71. The van der Waals surface area contributed by atoms with Crippen LogP contribution < -0.4 is 5.73 Å². The summed E-state index contributed by atoms with van der Waals surface area (Å²) >= 11 is 0. The summed E-state index contributed by atoms with van der Waals surface area (Å²) < 4.78 is 5.89. The summed E-state index contributed by atoms with van der Waals surface area (Å²) in [6.07, 6.45) is 1.59. The van der Waals surface area contributed by atoms with E-state index in [0.717, 1.165) is 11.8 Å². The highest BCUT2D eigenvalue weighted by Crippen LogP contribution is 2.50. The van der Waals surface area contributed by atoms with Gasteiger partial charge in [-0.05, 0) is 11.0 Å². The standard InChI is InChI=1S/C22H20N2O4/c1-22(2)8-13(25)16-14(9-22)28-21-17(15(16)11-6-4-3-5-7-11)20(27)18(24)12(10-23)19(21)26/h3-7,10,15,23H,8-9,24H2,1-2H3. The van der Waals surface area contributed by atoms with Crippen molar-refractivity contribution in [2.45, 2.75) is 32.6 Å². The van der Waals surface area contributed by atoms with Gasteiger partial charge in [0.15, 0.2) is 11.5 Å². The average Bonchev–Trinajstić information content (AvgIpc) is 2.65. The van der Waals surface area contributed by atoms with Crippen molar-refractivity contribution >= 4 is 23.6 Å². The molecule has 1 unspecified atom stereocenters. The minimum Gasteiger partial charge on any atom is -0.457 e. The molecule has 28 heavy (non-hydrogen) atoms. The molecule has 0 fully saturated rings. The fourth-order valence-corrected chi connectivity index (χ4v) is 4.18. The molecule has 6 heteroatoms. The summed E-state index contributed by atoms with van der Waals surface area (Å²) in [4.78, 5) is 39.0. The van der Waals surface area contributed by atoms with Crippen LogP contribution in [0.5, 0.6) is 0 Å². The van der Waals surface area contributed by atoms with E-state index in [1.165, 1.54) is 0 Å². The number of nitrogens with one attached hydrogen (secondary N) is 1. The first kappa shape index (κ1) is 18.1. The number of benzene rings is 1. The van der Waals surface area contributed by atoms with Crippen LogP contribution in [-0.4, -0.2) is 23.6 Å². The van der Waals surface area contributed by atoms with Gasteiger partial charge in [-0.2, -0.15) is 0 Å². The number of rotatable bonds is 2. The quantitative estimate of drug-likeness (QED) is 0.609. The lowest BCUT2D eigenvalue weighted by atomic mass is 9.68. The first-order valence-corrected chi connectivity index (χ1v) is 9.08. The summed E-state index contributed by atoms with van der Waals surface area (Å²) in [7, 11) is 0. The highest BCUT2D eigenvalue weighted by Gasteiger charge is 2.48. The monoisotopic (exact) mass is 376 g/mol. The van der Waals surface area contributed by atoms with Crippen molar-refractivity contribution in [2.24, 2.45) is 11.1 Å². The van der Waals surface area contributed by atoms with Crippen LogP contribution in [0, 0.1) is 10.8 Å². The minimum atomic E-state index is -0.703. The smallest absolute Gasteiger partial charge is 0.232 e. The molecule has 2 aliphatic carbocycles. The van der Waals surface area contributed by atoms with E-state index in [2.05, 4.69) is 0 Å². The Kier molecular flexibility index (Phi) is 3.96. The summed E-state index contributed by atoms with van der Waals surface area (Å²) in [6, 6.07) is 9.12. The van der Waals surface area contributed by atoms with Gasteiger partial charge in [0.05, 0.1) is 16.8 Å². The van der Waals surface area contributed by atoms with Crippen molar-refractivity contribution in [2.75, 3.05) is 0 Å². The van der Waals surface area contributed by atoms with Gasteiger partial charge >= 0.3 is 0 Å². The molecule has 0 amide bonds. The topological polar surface area (TPSA) is 110 Å². The third kappa shape index (κ3) is 2.56. The third-order valence-corrected chi connectivity index (χ3v) is 5.43. The maximum atomic E-state index is 13.1. The maximum absolute atomic E-state index is 13.1. The predicted molar refractivity (Wildman–Crippen MR) is 102 cm³/mol. The van der Waals surface area contributed by atoms with Crippen LogP contribution in [-0.2, 0) is 19.1 Å². The Hall–Kier alpha value is -3.28. The van der Waals surface area contributed by atoms with Crippen LogP contribution in [0.2, 0.25) is 0 Å². The molecule has 142 valence electrons. The number of carbonyl (C=O) groups excluding carboxylic acids is 3. The number of ether oxygens (including phenoxy) is 1. The van der Waals surface area contributed by atoms with Gasteiger partial charge in [0.25, 0.3) is 0 Å². The Balaban J connectivity index is 1.97. The van der Waals surface area contributed by atoms with E-state index in [1.54, 1.807) is 0 Å². The molecule has 0 radical (unpaired) electrons. The zero-order valence-electron chi connectivity index (χ0n) is 15.7. The third-order valence-electron chi connectivity index (χ3n) is 5.43. The van der Waals surface area contributed by atoms with Gasteiger partial charge in [-0.25, -0.2) is 0 Å². The average molecular weight is 376 g/mol. The van der Waals surface area contributed by atoms with Crippen LogP contribution in [0.15, 0.2) is 64.3 Å². The molecular weight excluding hydrogens is 356 g/mol. The molecular formula is C22H20N2O4. The lowest BCUT2D eigenvalue weighted by molar-refractivity contribution is -0.121. The number of hydrogen-bond acceptors (Lipinski definition) is 6. The van der Waals surface area contributed by atoms with Gasteiger partial charge in [0.2, 0.25) is 11.6 Å². The van der Waals surface area contributed by atoms with Crippen molar-refractivity contribution in [1.82, 2.24) is 0 Å². The van der Waals surface area contributed by atoms with Crippen LogP contribution >= 0.6 is 0 Å². The van der Waals surface area contributed by atoms with E-state index in [0.29, 0.717) is 24.2 Å². The number of carbonyl (C=O) groups is 3. The summed E-state index contributed by atoms with van der Waals surface area (Å²) in [5, 5.41) is 7.47. The van der Waals surface area contributed by atoms with Gasteiger partial charge in [-0.15, -0.1) is 0 Å². The SMILES string of the molecule is CC1(C)CC(=O)C2=C(C1)OC1=C(C(=O)C(N)=C(C=N)C1=O)C2c1ccccc1. The van der Waals surface area contributed by atoms with E-state index in [4.69, 9.17) is 15.9 Å². The van der Waals surface area contributed by atoms with Crippen LogP contribution in [0.25, 0.3) is 0 Å². The molecule has 1 atom stereocenters. The highest BCUT2D eigenvalue weighted by molar-refractivity contribution is 6.32. The molecule has 0 aromatic heterocycles. The first-order valence-electron chi connectivity index (χ1n) is 9.08. The Morgan fingerprint density at radius 2 is 1.75 bits per heavy atom. The van der Waals surface area contributed by atoms with E-state index in [1.807, 2.05) is 44.2 Å². The summed E-state index contributed by atoms with van der Waals surface area (Å²) in [5.74, 6) is -1.63. The fraction of sp³-hybridized carbons (Fsp3) is 0.273. The fourth-order valence-electron chi connectivity index (χ4n) is 4.18. The van der Waals surface area contributed by atoms with E-state index >= 15 is 0 Å². The zero-order chi connectivity index (χ0) is 20.2. The van der Waals surface area contributed by atoms with Crippen LogP contribution in [0.4, 0.5) is 0 Å². The van der Waals surface area contributed by atoms with Crippen LogP contribution in [0.3, 0.4) is 0 Å². The second-order valence-electron chi connectivity index (χ2n) is 8.10. The Labute approximate surface area is 162 Å². The summed E-state index contributed by atoms with van der Waals surface area (Å²) in [5.41, 5.74) is 6.36. The van der Waals surface area contributed by atoms with Crippen LogP contribution in [0.1, 0.15) is 38.2 Å². The van der Waals surface area contributed by atoms with Crippen molar-refractivity contribution in [3.05, 3.63) is 69.8 Å². The first-order chi connectivity index (χ1) is 13.2. The minimum absolute atomic E-state index is 0.0890. The molecule has 6 nitrogen and oxygen atoms in total. The van der Waals surface area contributed by atoms with Gasteiger partial charge in [0.1, 0.15) is 5.76 Å². The van der Waals surface area contributed by atoms with Gasteiger partial charge < -0.3 is 15.9 Å². The Morgan fingerprint density at radius 1 is 1.07 bits per heavy atom. The molecule has 0 saturated heterocycles. The second-order valence-corrected chi connectivity index (χ2v) is 8.10. The van der Waals surface area contributed by atoms with Crippen molar-refractivity contribution < 1.29 is 19.1 Å². The Bertz CT molecular complexity index is 1040. The molecule has 3 N–H and O–H groups in total. The van der Waals surface area contributed by atoms with Crippen molar-refractivity contribution in [1.29, 1.82) is 5.41 Å². The van der Waals surface area contributed by atoms with E-state index in [9.17, 15) is 14.4 Å². The number of Topliss-reactive ketones (excluding diaryl/α,β-unsaturated/α-hetero) is 3. The normalized spacial score (nSPS) is 24.1. The molecule has 1 aromatic rings. The number of allylic oxidation sites excluding steroid dienone is 4. The van der Waals surface area contributed by atoms with Crippen molar-refractivity contribution in [3.8, 4) is 0 Å². The lowest BCUT2D eigenvalue weighted by Gasteiger charge is -2.39. The summed E-state index contributed by atoms with van der Waals surface area (Å²) in [6.45, 7) is 3.93. The largest absolute Gasteiger partial charge is 0.457 e. The second kappa shape index (κ2) is 6.12. The maximum Gasteiger partial charge on any atom is 0.232 e. The van der Waals surface area contributed by atoms with E-state index in [-0.39, 0.29) is 33.8 Å². The van der Waals surface area contributed by atoms with Crippen molar-refractivity contribution in [3.63, 3.8) is 0 Å². The molecule has 0 bridgehead atoms. The highest BCUT2D eigenvalue weighted by atomic mass is 16.5. The molecule has 1 aromatic carbocycles. The van der Waals surface area contributed by atoms with Gasteiger partial charge in [0, 0.05) is 30.5 Å². The lowest BCUT2D eigenvalue weighted by Crippen LogP contribution is -2.39. The Morgan fingerprint density at radius 3 is 2.39 bits per heavy atom. The number of hydrogen-bond donors (Lipinski definition) is 2.